The molecule has 0 saturated heterocycles. The fourth-order valence-electron chi connectivity index (χ4n) is 4.73. The molecule has 2 heterocycles. The van der Waals surface area contributed by atoms with E-state index in [0.717, 1.165) is 16.2 Å². The molecule has 4 nitrogen and oxygen atoms in total. The van der Waals surface area contributed by atoms with Gasteiger partial charge < -0.3 is 9.30 Å². The second kappa shape index (κ2) is 8.16. The van der Waals surface area contributed by atoms with Gasteiger partial charge in [-0.05, 0) is 43.1 Å². The van der Waals surface area contributed by atoms with Crippen molar-refractivity contribution in [1.82, 2.24) is 4.57 Å². The Morgan fingerprint density at radius 2 is 1.79 bits per heavy atom. The average Bonchev–Trinajstić information content (AvgIpc) is 3.32. The molecule has 1 atom stereocenters. The third-order valence-electron chi connectivity index (χ3n) is 6.26. The Morgan fingerprint density at radius 1 is 1.07 bits per heavy atom. The number of methoxy groups -OCH3 is 1. The minimum absolute atomic E-state index is 0.0382. The van der Waals surface area contributed by atoms with Crippen molar-refractivity contribution in [2.75, 3.05) is 13.4 Å². The van der Waals surface area contributed by atoms with E-state index in [2.05, 4.69) is 12.1 Å². The van der Waals surface area contributed by atoms with Crippen LogP contribution in [0.15, 0.2) is 35.2 Å². The molecule has 1 fully saturated rings. The van der Waals surface area contributed by atoms with E-state index < -0.39 is 0 Å². The quantitative estimate of drug-likeness (QED) is 0.398. The van der Waals surface area contributed by atoms with E-state index in [1.54, 1.807) is 11.8 Å². The Balaban J connectivity index is 1.62. The number of esters is 1. The summed E-state index contributed by atoms with van der Waals surface area (Å²) in [6, 6.07) is 10.2. The number of nitrogens with zero attached hydrogens (tertiary/aromatic N) is 1. The van der Waals surface area contributed by atoms with Crippen LogP contribution in [0, 0.1) is 0 Å². The van der Waals surface area contributed by atoms with E-state index in [1.807, 2.05) is 29.0 Å². The first-order valence-corrected chi connectivity index (χ1v) is 11.4. The fraction of sp³-hybridized carbons (Fsp3) is 0.478. The van der Waals surface area contributed by atoms with Crippen LogP contribution in [0.5, 0.6) is 0 Å². The number of thioether (sulfide) groups is 1. The van der Waals surface area contributed by atoms with Crippen molar-refractivity contribution < 1.29 is 14.3 Å². The summed E-state index contributed by atoms with van der Waals surface area (Å²) >= 11 is 1.56. The molecule has 0 N–H and O–H groups in total. The summed E-state index contributed by atoms with van der Waals surface area (Å²) in [6.07, 6.45) is 9.13. The highest BCUT2D eigenvalue weighted by atomic mass is 32.2. The third-order valence-corrected chi connectivity index (χ3v) is 7.01. The van der Waals surface area contributed by atoms with Gasteiger partial charge in [-0.25, -0.2) is 0 Å². The van der Waals surface area contributed by atoms with Gasteiger partial charge in [0.1, 0.15) is 5.69 Å². The third kappa shape index (κ3) is 3.41. The molecule has 5 heteroatoms. The molecular weight excluding hydrogens is 370 g/mol. The van der Waals surface area contributed by atoms with Crippen LogP contribution in [-0.4, -0.2) is 29.7 Å². The van der Waals surface area contributed by atoms with Crippen LogP contribution in [0.25, 0.3) is 0 Å². The maximum atomic E-state index is 13.3. The molecule has 0 spiro atoms. The highest BCUT2D eigenvalue weighted by Crippen LogP contribution is 2.38. The Kier molecular flexibility index (Phi) is 5.63. The van der Waals surface area contributed by atoms with Gasteiger partial charge in [0.05, 0.1) is 13.0 Å². The average molecular weight is 398 g/mol. The van der Waals surface area contributed by atoms with Gasteiger partial charge in [-0.1, -0.05) is 43.5 Å². The number of hydrogen-bond acceptors (Lipinski definition) is 4. The summed E-state index contributed by atoms with van der Waals surface area (Å²) in [5.74, 6) is 0.181. The first-order chi connectivity index (χ1) is 13.6. The van der Waals surface area contributed by atoms with E-state index in [4.69, 9.17) is 4.74 Å². The van der Waals surface area contributed by atoms with E-state index in [1.165, 1.54) is 44.8 Å². The lowest BCUT2D eigenvalue weighted by Crippen LogP contribution is -2.12. The second-order valence-electron chi connectivity index (χ2n) is 7.79. The van der Waals surface area contributed by atoms with E-state index >= 15 is 0 Å². The predicted octanol–water partition coefficient (Wildman–Crippen LogP) is 5.15. The zero-order valence-corrected chi connectivity index (χ0v) is 17.4. The number of ketones is 1. The molecule has 2 aliphatic rings. The molecule has 0 amide bonds. The lowest BCUT2D eigenvalue weighted by molar-refractivity contribution is -0.142. The molecule has 1 saturated carbocycles. The molecule has 148 valence electrons. The molecule has 1 unspecified atom stereocenters. The van der Waals surface area contributed by atoms with E-state index in [0.29, 0.717) is 24.6 Å². The van der Waals surface area contributed by atoms with Crippen LogP contribution >= 0.6 is 11.8 Å². The molecule has 2 aromatic rings. The van der Waals surface area contributed by atoms with Crippen LogP contribution in [0.2, 0.25) is 0 Å². The topological polar surface area (TPSA) is 48.3 Å². The standard InChI is InChI=1S/C23H27NO3S/c1-27-23(26)18-12-13-24-19(18)14-20(28-2)21(24)22(25)17-10-8-16(9-11-17)15-6-4-3-5-7-15/h8-11,14-15,18H,3-7,12-13H2,1-2H3. The van der Waals surface area contributed by atoms with Crippen molar-refractivity contribution in [2.45, 2.75) is 61.8 Å². The predicted molar refractivity (Wildman–Crippen MR) is 111 cm³/mol. The highest BCUT2D eigenvalue weighted by Gasteiger charge is 2.34. The Hall–Kier alpha value is -2.01. The fourth-order valence-corrected chi connectivity index (χ4v) is 5.36. The number of hydrogen-bond donors (Lipinski definition) is 0. The first kappa shape index (κ1) is 19.3. The van der Waals surface area contributed by atoms with Gasteiger partial charge >= 0.3 is 5.97 Å². The molecule has 0 radical (unpaired) electrons. The monoisotopic (exact) mass is 397 g/mol. The summed E-state index contributed by atoms with van der Waals surface area (Å²) in [5.41, 5.74) is 3.68. The van der Waals surface area contributed by atoms with Crippen molar-refractivity contribution in [3.05, 3.63) is 52.8 Å². The number of ether oxygens (including phenoxy) is 1. The number of rotatable bonds is 5. The summed E-state index contributed by atoms with van der Waals surface area (Å²) in [5, 5.41) is 0. The first-order valence-electron chi connectivity index (χ1n) is 10.1. The van der Waals surface area contributed by atoms with Gasteiger partial charge in [0.15, 0.2) is 0 Å². The van der Waals surface area contributed by atoms with Crippen LogP contribution in [-0.2, 0) is 16.1 Å². The smallest absolute Gasteiger partial charge is 0.314 e. The van der Waals surface area contributed by atoms with Gasteiger partial charge in [-0.3, -0.25) is 9.59 Å². The molecule has 1 aromatic carbocycles. The number of benzene rings is 1. The summed E-state index contributed by atoms with van der Waals surface area (Å²) < 4.78 is 6.96. The molecule has 1 aliphatic heterocycles. The Labute approximate surface area is 170 Å². The van der Waals surface area contributed by atoms with Gasteiger partial charge in [0.2, 0.25) is 5.78 Å². The molecule has 4 rings (SSSR count). The van der Waals surface area contributed by atoms with Crippen molar-refractivity contribution in [1.29, 1.82) is 0 Å². The Morgan fingerprint density at radius 3 is 2.43 bits per heavy atom. The van der Waals surface area contributed by atoms with E-state index in [9.17, 15) is 9.59 Å². The van der Waals surface area contributed by atoms with Crippen molar-refractivity contribution >= 4 is 23.5 Å². The van der Waals surface area contributed by atoms with Crippen LogP contribution in [0.4, 0.5) is 0 Å². The maximum absolute atomic E-state index is 13.3. The molecule has 1 aromatic heterocycles. The number of fused-ring (bicyclic) bond motifs is 1. The van der Waals surface area contributed by atoms with E-state index in [-0.39, 0.29) is 17.7 Å². The lowest BCUT2D eigenvalue weighted by atomic mass is 9.84. The normalized spacial score (nSPS) is 19.4. The van der Waals surface area contributed by atoms with Crippen LogP contribution < -0.4 is 0 Å². The number of carbonyl (C=O) groups excluding carboxylic acids is 2. The van der Waals surface area contributed by atoms with Gasteiger partial charge in [0.25, 0.3) is 0 Å². The highest BCUT2D eigenvalue weighted by molar-refractivity contribution is 7.98. The van der Waals surface area contributed by atoms with Crippen molar-refractivity contribution in [3.63, 3.8) is 0 Å². The largest absolute Gasteiger partial charge is 0.469 e. The van der Waals surface area contributed by atoms with Gasteiger partial charge in [-0.15, -0.1) is 11.8 Å². The van der Waals surface area contributed by atoms with Crippen molar-refractivity contribution in [3.8, 4) is 0 Å². The molecule has 28 heavy (non-hydrogen) atoms. The van der Waals surface area contributed by atoms with Crippen LogP contribution in [0.1, 0.15) is 77.7 Å². The summed E-state index contributed by atoms with van der Waals surface area (Å²) in [4.78, 5) is 26.4. The summed E-state index contributed by atoms with van der Waals surface area (Å²) in [7, 11) is 1.42. The SMILES string of the molecule is COC(=O)C1CCn2c1cc(SC)c2C(=O)c1ccc(C2CCCCC2)cc1. The zero-order valence-electron chi connectivity index (χ0n) is 16.6. The molecule has 0 bridgehead atoms. The molecular formula is C23H27NO3S. The minimum Gasteiger partial charge on any atom is -0.469 e. The summed E-state index contributed by atoms with van der Waals surface area (Å²) in [6.45, 7) is 0.677. The van der Waals surface area contributed by atoms with Gasteiger partial charge in [-0.2, -0.15) is 0 Å². The maximum Gasteiger partial charge on any atom is 0.314 e. The Bertz CT molecular complexity index is 878. The van der Waals surface area contributed by atoms with Gasteiger partial charge in [0, 0.05) is 22.7 Å². The van der Waals surface area contributed by atoms with Crippen molar-refractivity contribution in [2.24, 2.45) is 0 Å². The number of carbonyl (C=O) groups is 2. The minimum atomic E-state index is -0.272. The molecule has 1 aliphatic carbocycles. The second-order valence-corrected chi connectivity index (χ2v) is 8.64. The number of aromatic nitrogens is 1. The zero-order chi connectivity index (χ0) is 19.7. The lowest BCUT2D eigenvalue weighted by Gasteiger charge is -2.22. The van der Waals surface area contributed by atoms with Crippen LogP contribution in [0.3, 0.4) is 0 Å².